The van der Waals surface area contributed by atoms with Crippen LogP contribution in [-0.4, -0.2) is 43.6 Å². The Kier molecular flexibility index (Phi) is 7.57. The summed E-state index contributed by atoms with van der Waals surface area (Å²) in [5, 5.41) is 3.48. The Balaban J connectivity index is 0.00000225. The van der Waals surface area contributed by atoms with Crippen LogP contribution in [0.25, 0.3) is 0 Å². The molecule has 2 aliphatic rings. The van der Waals surface area contributed by atoms with Crippen LogP contribution >= 0.6 is 12.4 Å². The SMILES string of the molecule is CCC(C)c1ccccc1OCC(=O)N1CC[C@@H]2CNC[C@@H]2CC1.Cl. The van der Waals surface area contributed by atoms with Crippen LogP contribution in [0.5, 0.6) is 5.75 Å². The average molecular weight is 367 g/mol. The van der Waals surface area contributed by atoms with Crippen LogP contribution in [0.1, 0.15) is 44.6 Å². The molecule has 0 spiro atoms. The summed E-state index contributed by atoms with van der Waals surface area (Å²) >= 11 is 0. The maximum Gasteiger partial charge on any atom is 0.260 e. The van der Waals surface area contributed by atoms with E-state index >= 15 is 0 Å². The molecule has 3 atom stereocenters. The number of hydrogen-bond acceptors (Lipinski definition) is 3. The molecule has 140 valence electrons. The first-order valence-electron chi connectivity index (χ1n) is 9.39. The molecule has 2 heterocycles. The number of benzene rings is 1. The van der Waals surface area contributed by atoms with E-state index in [0.717, 1.165) is 63.0 Å². The quantitative estimate of drug-likeness (QED) is 0.867. The third-order valence-electron chi connectivity index (χ3n) is 5.79. The molecule has 2 fully saturated rings. The fourth-order valence-electron chi connectivity index (χ4n) is 3.94. The van der Waals surface area contributed by atoms with Gasteiger partial charge in [0.05, 0.1) is 0 Å². The number of carbonyl (C=O) groups excluding carboxylic acids is 1. The first-order chi connectivity index (χ1) is 11.7. The van der Waals surface area contributed by atoms with E-state index in [1.807, 2.05) is 23.1 Å². The third-order valence-corrected chi connectivity index (χ3v) is 5.79. The van der Waals surface area contributed by atoms with Gasteiger partial charge in [0, 0.05) is 13.1 Å². The summed E-state index contributed by atoms with van der Waals surface area (Å²) in [6.07, 6.45) is 3.30. The van der Waals surface area contributed by atoms with E-state index in [4.69, 9.17) is 4.74 Å². The lowest BCUT2D eigenvalue weighted by Crippen LogP contribution is -2.36. The van der Waals surface area contributed by atoms with Gasteiger partial charge in [0.15, 0.2) is 6.61 Å². The minimum absolute atomic E-state index is 0. The van der Waals surface area contributed by atoms with Crippen molar-refractivity contribution in [3.8, 4) is 5.75 Å². The van der Waals surface area contributed by atoms with Gasteiger partial charge in [-0.1, -0.05) is 32.0 Å². The number of carbonyl (C=O) groups is 1. The van der Waals surface area contributed by atoms with E-state index in [1.165, 1.54) is 5.56 Å². The molecular formula is C20H31ClN2O2. The second-order valence-electron chi connectivity index (χ2n) is 7.27. The zero-order chi connectivity index (χ0) is 16.9. The van der Waals surface area contributed by atoms with Crippen LogP contribution < -0.4 is 10.1 Å². The average Bonchev–Trinajstić information content (AvgIpc) is 2.97. The highest BCUT2D eigenvalue weighted by molar-refractivity contribution is 5.85. The smallest absolute Gasteiger partial charge is 0.260 e. The van der Waals surface area contributed by atoms with Crippen LogP contribution in [0.15, 0.2) is 24.3 Å². The van der Waals surface area contributed by atoms with E-state index in [1.54, 1.807) is 0 Å². The Hall–Kier alpha value is -1.26. The first kappa shape index (κ1) is 20.1. The van der Waals surface area contributed by atoms with Crippen LogP contribution in [0.3, 0.4) is 0 Å². The Morgan fingerprint density at radius 1 is 1.24 bits per heavy atom. The molecule has 2 saturated heterocycles. The van der Waals surface area contributed by atoms with E-state index in [-0.39, 0.29) is 24.9 Å². The molecule has 5 heteroatoms. The lowest BCUT2D eigenvalue weighted by molar-refractivity contribution is -0.133. The maximum atomic E-state index is 12.6. The highest BCUT2D eigenvalue weighted by Crippen LogP contribution is 2.29. The number of fused-ring (bicyclic) bond motifs is 1. The zero-order valence-corrected chi connectivity index (χ0v) is 16.2. The summed E-state index contributed by atoms with van der Waals surface area (Å²) in [6.45, 7) is 8.51. The van der Waals surface area contributed by atoms with Crippen molar-refractivity contribution in [3.05, 3.63) is 29.8 Å². The number of amides is 1. The highest BCUT2D eigenvalue weighted by Gasteiger charge is 2.31. The number of hydrogen-bond donors (Lipinski definition) is 1. The molecule has 0 aromatic heterocycles. The predicted molar refractivity (Wildman–Crippen MR) is 104 cm³/mol. The van der Waals surface area contributed by atoms with Gasteiger partial charge < -0.3 is 15.0 Å². The fraction of sp³-hybridized carbons (Fsp3) is 0.650. The molecule has 3 rings (SSSR count). The van der Waals surface area contributed by atoms with Crippen molar-refractivity contribution in [2.45, 2.75) is 39.0 Å². The lowest BCUT2D eigenvalue weighted by atomic mass is 9.92. The maximum absolute atomic E-state index is 12.6. The second kappa shape index (κ2) is 9.44. The van der Waals surface area contributed by atoms with Crippen molar-refractivity contribution in [2.75, 3.05) is 32.8 Å². The summed E-state index contributed by atoms with van der Waals surface area (Å²) in [7, 11) is 0. The normalized spacial score (nSPS) is 24.0. The standard InChI is InChI=1S/C20H30N2O2.ClH/c1-3-15(2)18-6-4-5-7-19(18)24-14-20(23)22-10-8-16-12-21-13-17(16)9-11-22;/h4-7,15-17,21H,3,8-14H2,1-2H3;1H/t15?,16-,17+;. The topological polar surface area (TPSA) is 41.6 Å². The number of para-hydroxylation sites is 1. The van der Waals surface area contributed by atoms with Crippen molar-refractivity contribution in [3.63, 3.8) is 0 Å². The van der Waals surface area contributed by atoms with Gasteiger partial charge in [-0.25, -0.2) is 0 Å². The van der Waals surface area contributed by atoms with Gasteiger partial charge in [-0.2, -0.15) is 0 Å². The highest BCUT2D eigenvalue weighted by atomic mass is 35.5. The molecule has 1 unspecified atom stereocenters. The van der Waals surface area contributed by atoms with Gasteiger partial charge in [0.1, 0.15) is 5.75 Å². The van der Waals surface area contributed by atoms with E-state index in [0.29, 0.717) is 5.92 Å². The van der Waals surface area contributed by atoms with Gasteiger partial charge in [0.25, 0.3) is 5.91 Å². The van der Waals surface area contributed by atoms with Crippen LogP contribution in [0.4, 0.5) is 0 Å². The lowest BCUT2D eigenvalue weighted by Gasteiger charge is -2.22. The summed E-state index contributed by atoms with van der Waals surface area (Å²) < 4.78 is 5.91. The Bertz CT molecular complexity index is 552. The zero-order valence-electron chi connectivity index (χ0n) is 15.4. The Labute approximate surface area is 157 Å². The fourth-order valence-corrected chi connectivity index (χ4v) is 3.94. The molecule has 2 aliphatic heterocycles. The van der Waals surface area contributed by atoms with E-state index < -0.39 is 0 Å². The Morgan fingerprint density at radius 2 is 1.88 bits per heavy atom. The molecule has 1 amide bonds. The van der Waals surface area contributed by atoms with Crippen LogP contribution in [-0.2, 0) is 4.79 Å². The van der Waals surface area contributed by atoms with Gasteiger partial charge in [0.2, 0.25) is 0 Å². The van der Waals surface area contributed by atoms with Crippen molar-refractivity contribution in [1.82, 2.24) is 10.2 Å². The molecule has 0 aliphatic carbocycles. The van der Waals surface area contributed by atoms with Crippen molar-refractivity contribution >= 4 is 18.3 Å². The molecule has 0 bridgehead atoms. The van der Waals surface area contributed by atoms with Crippen LogP contribution in [0.2, 0.25) is 0 Å². The number of likely N-dealkylation sites (tertiary alicyclic amines) is 1. The van der Waals surface area contributed by atoms with Crippen LogP contribution in [0, 0.1) is 11.8 Å². The van der Waals surface area contributed by atoms with Gasteiger partial charge in [-0.3, -0.25) is 4.79 Å². The van der Waals surface area contributed by atoms with E-state index in [2.05, 4.69) is 25.2 Å². The number of ether oxygens (including phenoxy) is 1. The molecule has 25 heavy (non-hydrogen) atoms. The molecule has 0 radical (unpaired) electrons. The van der Waals surface area contributed by atoms with Crippen molar-refractivity contribution in [1.29, 1.82) is 0 Å². The molecule has 1 N–H and O–H groups in total. The predicted octanol–water partition coefficient (Wildman–Crippen LogP) is 3.46. The molecule has 0 saturated carbocycles. The molecule has 4 nitrogen and oxygen atoms in total. The molecule has 1 aromatic rings. The number of rotatable bonds is 5. The second-order valence-corrected chi connectivity index (χ2v) is 7.27. The number of nitrogens with one attached hydrogen (secondary N) is 1. The van der Waals surface area contributed by atoms with Crippen molar-refractivity contribution in [2.24, 2.45) is 11.8 Å². The minimum Gasteiger partial charge on any atom is -0.483 e. The first-order valence-corrected chi connectivity index (χ1v) is 9.39. The Morgan fingerprint density at radius 3 is 2.52 bits per heavy atom. The van der Waals surface area contributed by atoms with Gasteiger partial charge in [-0.15, -0.1) is 12.4 Å². The van der Waals surface area contributed by atoms with Gasteiger partial charge >= 0.3 is 0 Å². The third kappa shape index (κ3) is 4.89. The summed E-state index contributed by atoms with van der Waals surface area (Å²) in [5.41, 5.74) is 1.20. The van der Waals surface area contributed by atoms with E-state index in [9.17, 15) is 4.79 Å². The number of nitrogens with zero attached hydrogens (tertiary/aromatic N) is 1. The number of halogens is 1. The van der Waals surface area contributed by atoms with Crippen molar-refractivity contribution < 1.29 is 9.53 Å². The minimum atomic E-state index is 0. The summed E-state index contributed by atoms with van der Waals surface area (Å²) in [5.74, 6) is 2.92. The largest absolute Gasteiger partial charge is 0.483 e. The monoisotopic (exact) mass is 366 g/mol. The summed E-state index contributed by atoms with van der Waals surface area (Å²) in [4.78, 5) is 14.6. The molecule has 1 aromatic carbocycles. The molecular weight excluding hydrogens is 336 g/mol. The summed E-state index contributed by atoms with van der Waals surface area (Å²) in [6, 6.07) is 8.10. The van der Waals surface area contributed by atoms with Gasteiger partial charge in [-0.05, 0) is 61.7 Å².